The molecule has 0 atom stereocenters. The molecule has 12 heteroatoms. The van der Waals surface area contributed by atoms with E-state index in [0.717, 1.165) is 29.4 Å². The van der Waals surface area contributed by atoms with Crippen LogP contribution in [0.15, 0.2) is 47.6 Å². The average molecular weight is 526 g/mol. The molecule has 3 aromatic rings. The summed E-state index contributed by atoms with van der Waals surface area (Å²) in [6.45, 7) is 0.196. The molecular weight excluding hydrogens is 511 g/mol. The number of rotatable bonds is 6. The van der Waals surface area contributed by atoms with Crippen molar-refractivity contribution in [2.45, 2.75) is 19.0 Å². The lowest BCUT2D eigenvalue weighted by Gasteiger charge is -2.13. The Bertz CT molecular complexity index is 1350. The number of para-hydroxylation sites is 1. The number of hydrogen-bond acceptors (Lipinski definition) is 5. The van der Waals surface area contributed by atoms with Crippen LogP contribution in [-0.4, -0.2) is 42.3 Å². The van der Waals surface area contributed by atoms with Crippen LogP contribution in [-0.2, 0) is 15.8 Å². The highest BCUT2D eigenvalue weighted by Crippen LogP contribution is 2.36. The Morgan fingerprint density at radius 1 is 1.29 bits per heavy atom. The summed E-state index contributed by atoms with van der Waals surface area (Å²) in [6.07, 6.45) is -0.371. The first-order chi connectivity index (χ1) is 16.1. The second kappa shape index (κ2) is 9.40. The molecule has 0 spiro atoms. The van der Waals surface area contributed by atoms with Gasteiger partial charge in [0.1, 0.15) is 4.32 Å². The average Bonchev–Trinajstić information content (AvgIpc) is 3.25. The quantitative estimate of drug-likeness (QED) is 0.325. The van der Waals surface area contributed by atoms with E-state index in [1.165, 1.54) is 4.90 Å². The van der Waals surface area contributed by atoms with E-state index in [1.54, 1.807) is 35.0 Å². The van der Waals surface area contributed by atoms with Crippen LogP contribution >= 0.6 is 35.6 Å². The summed E-state index contributed by atoms with van der Waals surface area (Å²) in [5.74, 6) is -1.17. The second-order valence-electron chi connectivity index (χ2n) is 7.33. The molecule has 34 heavy (non-hydrogen) atoms. The van der Waals surface area contributed by atoms with Crippen molar-refractivity contribution in [3.8, 4) is 5.82 Å². The molecule has 1 saturated heterocycles. The Morgan fingerprint density at radius 3 is 2.71 bits per heavy atom. The van der Waals surface area contributed by atoms with Gasteiger partial charge in [0, 0.05) is 36.3 Å². The van der Waals surface area contributed by atoms with E-state index >= 15 is 0 Å². The fourth-order valence-corrected chi connectivity index (χ4v) is 5.04. The van der Waals surface area contributed by atoms with E-state index in [1.807, 2.05) is 6.07 Å². The summed E-state index contributed by atoms with van der Waals surface area (Å²) in [5.41, 5.74) is 0.309. The van der Waals surface area contributed by atoms with Crippen LogP contribution < -0.4 is 0 Å². The van der Waals surface area contributed by atoms with Crippen molar-refractivity contribution < 1.29 is 27.9 Å². The molecule has 3 heterocycles. The van der Waals surface area contributed by atoms with Crippen molar-refractivity contribution in [1.29, 1.82) is 0 Å². The van der Waals surface area contributed by atoms with Crippen molar-refractivity contribution in [1.82, 2.24) is 14.5 Å². The van der Waals surface area contributed by atoms with Crippen LogP contribution in [0.25, 0.3) is 22.8 Å². The standard InChI is InChI=1S/C22H15ClF3N3O3S2/c23-15-9-13(22(24,25)26)10-27-19(15)29-11-12(14-4-1-2-5-16(14)29)8-17-20(32)28(21(33)34-17)7-3-6-18(30)31/h1-2,4-5,8-11H,3,6-7H2,(H,30,31)/b17-8+. The van der Waals surface area contributed by atoms with E-state index in [2.05, 4.69) is 4.98 Å². The van der Waals surface area contributed by atoms with Gasteiger partial charge in [-0.2, -0.15) is 13.2 Å². The summed E-state index contributed by atoms with van der Waals surface area (Å²) in [4.78, 5) is 29.3. The van der Waals surface area contributed by atoms with Gasteiger partial charge in [0.25, 0.3) is 5.91 Å². The van der Waals surface area contributed by atoms with Gasteiger partial charge in [-0.15, -0.1) is 0 Å². The Hall–Kier alpha value is -2.89. The minimum absolute atomic E-state index is 0.0789. The summed E-state index contributed by atoms with van der Waals surface area (Å²) >= 11 is 12.5. The fourth-order valence-electron chi connectivity index (χ4n) is 3.48. The van der Waals surface area contributed by atoms with Crippen LogP contribution in [0, 0.1) is 0 Å². The highest BCUT2D eigenvalue weighted by Gasteiger charge is 2.33. The number of benzene rings is 1. The topological polar surface area (TPSA) is 75.4 Å². The summed E-state index contributed by atoms with van der Waals surface area (Å²) in [7, 11) is 0. The summed E-state index contributed by atoms with van der Waals surface area (Å²) in [5, 5.41) is 9.37. The van der Waals surface area contributed by atoms with Crippen LogP contribution in [0.4, 0.5) is 13.2 Å². The number of aromatic nitrogens is 2. The molecule has 0 bridgehead atoms. The smallest absolute Gasteiger partial charge is 0.417 e. The van der Waals surface area contributed by atoms with E-state index in [4.69, 9.17) is 28.9 Å². The van der Waals surface area contributed by atoms with Crippen molar-refractivity contribution in [3.63, 3.8) is 0 Å². The highest BCUT2D eigenvalue weighted by molar-refractivity contribution is 8.26. The number of fused-ring (bicyclic) bond motifs is 1. The molecule has 176 valence electrons. The third-order valence-corrected chi connectivity index (χ3v) is 6.71. The molecule has 2 aromatic heterocycles. The number of carbonyl (C=O) groups excluding carboxylic acids is 1. The van der Waals surface area contributed by atoms with E-state index < -0.39 is 17.7 Å². The number of thiocarbonyl (C=S) groups is 1. The van der Waals surface area contributed by atoms with Crippen molar-refractivity contribution in [3.05, 3.63) is 63.8 Å². The van der Waals surface area contributed by atoms with Gasteiger partial charge in [-0.1, -0.05) is 53.8 Å². The summed E-state index contributed by atoms with van der Waals surface area (Å²) in [6, 6.07) is 7.95. The number of hydrogen-bond donors (Lipinski definition) is 1. The van der Waals surface area contributed by atoms with E-state index in [9.17, 15) is 22.8 Å². The number of aliphatic carboxylic acids is 1. The van der Waals surface area contributed by atoms with Crippen molar-refractivity contribution in [2.24, 2.45) is 0 Å². The zero-order valence-electron chi connectivity index (χ0n) is 17.2. The first kappa shape index (κ1) is 24.2. The number of carboxylic acid groups (broad SMARTS) is 1. The van der Waals surface area contributed by atoms with Gasteiger partial charge in [-0.25, -0.2) is 4.98 Å². The Labute approximate surface area is 206 Å². The van der Waals surface area contributed by atoms with E-state index in [0.29, 0.717) is 20.3 Å². The molecule has 1 aliphatic rings. The molecule has 4 rings (SSSR count). The SMILES string of the molecule is O=C(O)CCCN1C(=O)/C(=C\c2cn(-c3ncc(C(F)(F)F)cc3Cl)c3ccccc23)SC1=S. The molecule has 1 aromatic carbocycles. The number of amides is 1. The number of carboxylic acids is 1. The lowest BCUT2D eigenvalue weighted by molar-refractivity contribution is -0.138. The van der Waals surface area contributed by atoms with Gasteiger partial charge in [-0.05, 0) is 24.6 Å². The highest BCUT2D eigenvalue weighted by atomic mass is 35.5. The van der Waals surface area contributed by atoms with E-state index in [-0.39, 0.29) is 36.1 Å². The number of alkyl halides is 3. The van der Waals surface area contributed by atoms with Crippen LogP contribution in [0.2, 0.25) is 5.02 Å². The Morgan fingerprint density at radius 2 is 2.03 bits per heavy atom. The molecule has 1 N–H and O–H groups in total. The minimum Gasteiger partial charge on any atom is -0.481 e. The van der Waals surface area contributed by atoms with Gasteiger partial charge < -0.3 is 5.11 Å². The molecule has 1 fully saturated rings. The molecule has 0 aliphatic carbocycles. The predicted octanol–water partition coefficient (Wildman–Crippen LogP) is 5.76. The lowest BCUT2D eigenvalue weighted by atomic mass is 10.1. The largest absolute Gasteiger partial charge is 0.481 e. The number of halogens is 4. The zero-order chi connectivity index (χ0) is 24.6. The number of thioether (sulfide) groups is 1. The molecule has 1 aliphatic heterocycles. The predicted molar refractivity (Wildman–Crippen MR) is 128 cm³/mol. The number of pyridine rings is 1. The first-order valence-corrected chi connectivity index (χ1v) is 11.5. The molecule has 0 radical (unpaired) electrons. The van der Waals surface area contributed by atoms with Crippen LogP contribution in [0.3, 0.4) is 0 Å². The molecule has 1 amide bonds. The lowest BCUT2D eigenvalue weighted by Crippen LogP contribution is -2.29. The van der Waals surface area contributed by atoms with Gasteiger partial charge in [0.05, 0.1) is 21.0 Å². The maximum atomic E-state index is 13.0. The van der Waals surface area contributed by atoms with Gasteiger partial charge >= 0.3 is 12.1 Å². The molecule has 0 unspecified atom stereocenters. The maximum Gasteiger partial charge on any atom is 0.417 e. The second-order valence-corrected chi connectivity index (χ2v) is 9.41. The monoisotopic (exact) mass is 525 g/mol. The first-order valence-electron chi connectivity index (χ1n) is 9.86. The third kappa shape index (κ3) is 4.82. The number of nitrogens with zero attached hydrogens (tertiary/aromatic N) is 3. The van der Waals surface area contributed by atoms with Gasteiger partial charge in [-0.3, -0.25) is 19.1 Å². The Balaban J connectivity index is 1.71. The van der Waals surface area contributed by atoms with Crippen molar-refractivity contribution in [2.75, 3.05) is 6.54 Å². The number of carbonyl (C=O) groups is 2. The van der Waals surface area contributed by atoms with Crippen LogP contribution in [0.1, 0.15) is 24.0 Å². The Kier molecular flexibility index (Phi) is 6.70. The fraction of sp³-hybridized carbons (Fsp3) is 0.182. The van der Waals surface area contributed by atoms with Gasteiger partial charge in [0.2, 0.25) is 0 Å². The summed E-state index contributed by atoms with van der Waals surface area (Å²) < 4.78 is 40.9. The maximum absolute atomic E-state index is 13.0. The molecule has 6 nitrogen and oxygen atoms in total. The normalized spacial score (nSPS) is 15.6. The van der Waals surface area contributed by atoms with Crippen molar-refractivity contribution >= 4 is 68.8 Å². The molecular formula is C22H15ClF3N3O3S2. The van der Waals surface area contributed by atoms with Gasteiger partial charge in [0.15, 0.2) is 5.82 Å². The third-order valence-electron chi connectivity index (χ3n) is 5.05. The van der Waals surface area contributed by atoms with Crippen LogP contribution in [0.5, 0.6) is 0 Å². The zero-order valence-corrected chi connectivity index (χ0v) is 19.6. The minimum atomic E-state index is -4.57. The molecule has 0 saturated carbocycles.